The van der Waals surface area contributed by atoms with Crippen molar-refractivity contribution in [3.8, 4) is 0 Å². The molecule has 0 heterocycles. The van der Waals surface area contributed by atoms with Crippen LogP contribution in [0.3, 0.4) is 0 Å². The van der Waals surface area contributed by atoms with Crippen LogP contribution in [0.2, 0.25) is 0 Å². The summed E-state index contributed by atoms with van der Waals surface area (Å²) >= 11 is 11.2. The smallest absolute Gasteiger partial charge is 0.233 e. The van der Waals surface area contributed by atoms with Gasteiger partial charge in [0.1, 0.15) is 0 Å². The predicted octanol–water partition coefficient (Wildman–Crippen LogP) is 5.26. The van der Waals surface area contributed by atoms with E-state index in [2.05, 4.69) is 0 Å². The molecule has 0 bridgehead atoms. The van der Waals surface area contributed by atoms with Gasteiger partial charge in [-0.1, -0.05) is 41.5 Å². The summed E-state index contributed by atoms with van der Waals surface area (Å²) in [6.45, 7) is 18.1. The summed E-state index contributed by atoms with van der Waals surface area (Å²) < 4.78 is 15.6. The van der Waals surface area contributed by atoms with E-state index in [9.17, 15) is 9.59 Å². The maximum absolute atomic E-state index is 11.6. The molecule has 0 aliphatic rings. The molecule has 0 spiro atoms. The maximum Gasteiger partial charge on any atom is 0.233 e. The van der Waals surface area contributed by atoms with E-state index in [4.69, 9.17) is 37.4 Å². The highest BCUT2D eigenvalue weighted by molar-refractivity contribution is 6.65. The Labute approximate surface area is 175 Å². The number of hydrogen-bond donors (Lipinski definition) is 0. The first-order valence-corrected chi connectivity index (χ1v) is 9.76. The lowest BCUT2D eigenvalue weighted by Crippen LogP contribution is -2.49. The molecule has 0 aromatic carbocycles. The van der Waals surface area contributed by atoms with Crippen LogP contribution in [0.4, 0.5) is 0 Å². The van der Waals surface area contributed by atoms with Crippen LogP contribution in [0.1, 0.15) is 62.3 Å². The summed E-state index contributed by atoms with van der Waals surface area (Å²) in [6.07, 6.45) is -0.618. The number of ether oxygens (including phenoxy) is 3. The molecule has 0 fully saturated rings. The Morgan fingerprint density at radius 1 is 0.852 bits per heavy atom. The fourth-order valence-corrected chi connectivity index (χ4v) is 2.93. The van der Waals surface area contributed by atoms with Crippen LogP contribution in [0.25, 0.3) is 0 Å². The monoisotopic (exact) mass is 428 g/mol. The van der Waals surface area contributed by atoms with Gasteiger partial charge in [0, 0.05) is 20.8 Å². The Morgan fingerprint density at radius 3 is 1.44 bits per heavy atom. The molecular weight excluding hydrogens is 391 g/mol. The zero-order chi connectivity index (χ0) is 22.3. The van der Waals surface area contributed by atoms with Crippen LogP contribution < -0.4 is 0 Å². The van der Waals surface area contributed by atoms with Crippen LogP contribution in [-0.2, 0) is 23.8 Å². The Bertz CT molecular complexity index is 482. The van der Waals surface area contributed by atoms with Gasteiger partial charge in [-0.3, -0.25) is 9.59 Å². The number of carbonyl (C=O) groups excluding carboxylic acids is 2. The molecule has 0 N–H and O–H groups in total. The first kappa shape index (κ1) is 29.0. The van der Waals surface area contributed by atoms with Gasteiger partial charge in [0.15, 0.2) is 6.29 Å². The van der Waals surface area contributed by atoms with E-state index in [-0.39, 0.29) is 16.1 Å². The minimum atomic E-state index is -0.862. The van der Waals surface area contributed by atoms with E-state index in [1.165, 1.54) is 7.11 Å². The lowest BCUT2D eigenvalue weighted by Gasteiger charge is -2.43. The SMILES string of the molecule is CCOC(OC)C(C)(C(=O)Cl)C(C)(C)C.COCC(C)(C(=O)Cl)C(C)(C)C. The molecule has 0 saturated carbocycles. The molecule has 0 aromatic heterocycles. The van der Waals surface area contributed by atoms with Crippen molar-refractivity contribution in [2.45, 2.75) is 68.6 Å². The van der Waals surface area contributed by atoms with Crippen molar-refractivity contribution in [2.24, 2.45) is 21.7 Å². The third kappa shape index (κ3) is 7.28. The van der Waals surface area contributed by atoms with Crippen molar-refractivity contribution in [3.05, 3.63) is 0 Å². The zero-order valence-corrected chi connectivity index (χ0v) is 20.3. The second-order valence-electron chi connectivity index (χ2n) is 9.04. The lowest BCUT2D eigenvalue weighted by molar-refractivity contribution is -0.209. The summed E-state index contributed by atoms with van der Waals surface area (Å²) in [5.41, 5.74) is -1.98. The van der Waals surface area contributed by atoms with Crippen molar-refractivity contribution < 1.29 is 23.8 Å². The zero-order valence-electron chi connectivity index (χ0n) is 18.8. The van der Waals surface area contributed by atoms with E-state index in [0.29, 0.717) is 13.2 Å². The van der Waals surface area contributed by atoms with Crippen LogP contribution >= 0.6 is 23.2 Å². The number of halogens is 2. The van der Waals surface area contributed by atoms with Crippen LogP contribution in [0, 0.1) is 21.7 Å². The normalized spacial score (nSPS) is 17.8. The average Bonchev–Trinajstić information content (AvgIpc) is 2.50. The Balaban J connectivity index is 0. The fourth-order valence-electron chi connectivity index (χ4n) is 2.22. The molecule has 0 radical (unpaired) electrons. The molecule has 3 unspecified atom stereocenters. The van der Waals surface area contributed by atoms with Gasteiger partial charge >= 0.3 is 0 Å². The highest BCUT2D eigenvalue weighted by atomic mass is 35.5. The largest absolute Gasteiger partial charge is 0.384 e. The number of rotatable bonds is 8. The summed E-state index contributed by atoms with van der Waals surface area (Å²) in [5, 5.41) is -0.771. The van der Waals surface area contributed by atoms with E-state index in [1.807, 2.05) is 55.4 Å². The summed E-state index contributed by atoms with van der Waals surface area (Å²) in [4.78, 5) is 22.8. The average molecular weight is 429 g/mol. The van der Waals surface area contributed by atoms with Crippen molar-refractivity contribution >= 4 is 33.7 Å². The second kappa shape index (κ2) is 11.1. The fraction of sp³-hybridized carbons (Fsp3) is 0.900. The topological polar surface area (TPSA) is 61.8 Å². The third-order valence-electron chi connectivity index (χ3n) is 5.49. The van der Waals surface area contributed by atoms with Gasteiger partial charge in [-0.05, 0) is 54.8 Å². The van der Waals surface area contributed by atoms with Crippen molar-refractivity contribution in [2.75, 3.05) is 27.4 Å². The summed E-state index contributed by atoms with van der Waals surface area (Å²) in [6, 6.07) is 0. The molecule has 0 aliphatic heterocycles. The first-order valence-electron chi connectivity index (χ1n) is 9.00. The van der Waals surface area contributed by atoms with Gasteiger partial charge in [-0.25, -0.2) is 0 Å². The van der Waals surface area contributed by atoms with Gasteiger partial charge in [0.2, 0.25) is 10.5 Å². The second-order valence-corrected chi connectivity index (χ2v) is 9.72. The van der Waals surface area contributed by atoms with Crippen LogP contribution in [0.5, 0.6) is 0 Å². The molecule has 5 nitrogen and oxygen atoms in total. The van der Waals surface area contributed by atoms with E-state index in [1.54, 1.807) is 14.0 Å². The summed E-state index contributed by atoms with van der Waals surface area (Å²) in [5.74, 6) is 0. The number of hydrogen-bond acceptors (Lipinski definition) is 5. The molecule has 0 rings (SSSR count). The number of methoxy groups -OCH3 is 2. The Hall–Kier alpha value is -0.200. The Morgan fingerprint density at radius 2 is 1.30 bits per heavy atom. The first-order chi connectivity index (χ1) is 12.0. The molecule has 3 atom stereocenters. The molecule has 0 amide bonds. The van der Waals surface area contributed by atoms with Gasteiger partial charge in [-0.2, -0.15) is 0 Å². The standard InChI is InChI=1S/C11H21ClO3.C9H17ClO2/c1-7-15-9(14-6)11(5,8(12)13)10(2,3)4;1-8(2,3)9(4,6-12-5)7(10)11/h9H,7H2,1-6H3;6H2,1-5H3. The van der Waals surface area contributed by atoms with Gasteiger partial charge < -0.3 is 14.2 Å². The van der Waals surface area contributed by atoms with Crippen molar-refractivity contribution in [3.63, 3.8) is 0 Å². The molecular formula is C20H38Cl2O5. The molecule has 27 heavy (non-hydrogen) atoms. The predicted molar refractivity (Wildman–Crippen MR) is 111 cm³/mol. The van der Waals surface area contributed by atoms with Crippen LogP contribution in [0.15, 0.2) is 0 Å². The quantitative estimate of drug-likeness (QED) is 0.389. The van der Waals surface area contributed by atoms with Gasteiger partial charge in [0.05, 0.1) is 17.4 Å². The van der Waals surface area contributed by atoms with E-state index < -0.39 is 22.4 Å². The van der Waals surface area contributed by atoms with Gasteiger partial charge in [-0.15, -0.1) is 0 Å². The highest BCUT2D eigenvalue weighted by Crippen LogP contribution is 2.44. The molecule has 162 valence electrons. The van der Waals surface area contributed by atoms with E-state index in [0.717, 1.165) is 0 Å². The van der Waals surface area contributed by atoms with Gasteiger partial charge in [0.25, 0.3) is 0 Å². The summed E-state index contributed by atoms with van der Waals surface area (Å²) in [7, 11) is 3.09. The third-order valence-corrected chi connectivity index (χ3v) is 6.30. The molecule has 0 aliphatic carbocycles. The van der Waals surface area contributed by atoms with Crippen molar-refractivity contribution in [1.29, 1.82) is 0 Å². The molecule has 7 heteroatoms. The van der Waals surface area contributed by atoms with E-state index >= 15 is 0 Å². The molecule has 0 aromatic rings. The number of carbonyl (C=O) groups is 2. The van der Waals surface area contributed by atoms with Crippen LogP contribution in [-0.4, -0.2) is 44.2 Å². The Kier molecular flexibility index (Phi) is 11.9. The highest BCUT2D eigenvalue weighted by Gasteiger charge is 2.50. The van der Waals surface area contributed by atoms with Crippen molar-refractivity contribution in [1.82, 2.24) is 0 Å². The maximum atomic E-state index is 11.6. The molecule has 0 saturated heterocycles. The lowest BCUT2D eigenvalue weighted by atomic mass is 9.68. The minimum absolute atomic E-state index is 0.179. The minimum Gasteiger partial charge on any atom is -0.384 e.